The van der Waals surface area contributed by atoms with Gasteiger partial charge >= 0.3 is 0 Å². The van der Waals surface area contributed by atoms with Crippen molar-refractivity contribution < 1.29 is 9.32 Å². The summed E-state index contributed by atoms with van der Waals surface area (Å²) in [5.41, 5.74) is 2.32. The number of carbonyl (C=O) groups is 1. The van der Waals surface area contributed by atoms with Gasteiger partial charge in [0.15, 0.2) is 5.78 Å². The van der Waals surface area contributed by atoms with Gasteiger partial charge in [-0.15, -0.1) is 0 Å². The van der Waals surface area contributed by atoms with Gasteiger partial charge in [-0.05, 0) is 24.6 Å². The van der Waals surface area contributed by atoms with Gasteiger partial charge in [-0.3, -0.25) is 4.79 Å². The number of carbonyl (C=O) groups excluding carboxylic acids is 1. The van der Waals surface area contributed by atoms with Crippen LogP contribution in [0.5, 0.6) is 0 Å². The van der Waals surface area contributed by atoms with Crippen molar-refractivity contribution in [3.8, 4) is 11.1 Å². The first-order valence-electron chi connectivity index (χ1n) is 4.82. The highest BCUT2D eigenvalue weighted by Crippen LogP contribution is 2.28. The molecule has 0 saturated heterocycles. The van der Waals surface area contributed by atoms with E-state index in [0.29, 0.717) is 16.5 Å². The van der Waals surface area contributed by atoms with Gasteiger partial charge in [0.05, 0.1) is 11.3 Å². The van der Waals surface area contributed by atoms with Crippen LogP contribution >= 0.6 is 11.6 Å². The quantitative estimate of drug-likeness (QED) is 0.748. The lowest BCUT2D eigenvalue weighted by Gasteiger charge is -2.00. The van der Waals surface area contributed by atoms with Crippen molar-refractivity contribution in [1.29, 1.82) is 0 Å². The Hall–Kier alpha value is -1.61. The van der Waals surface area contributed by atoms with Crippen LogP contribution in [0.3, 0.4) is 0 Å². The van der Waals surface area contributed by atoms with E-state index in [1.54, 1.807) is 19.1 Å². The first-order chi connectivity index (χ1) is 7.59. The number of hydrogen-bond donors (Lipinski definition) is 0. The molecule has 0 fully saturated rings. The number of hydrogen-bond acceptors (Lipinski definition) is 3. The van der Waals surface area contributed by atoms with Crippen LogP contribution in [0, 0.1) is 6.92 Å². The lowest BCUT2D eigenvalue weighted by Crippen LogP contribution is -1.92. The fraction of sp³-hybridized carbons (Fsp3) is 0.167. The van der Waals surface area contributed by atoms with Crippen LogP contribution in [0.1, 0.15) is 23.2 Å². The summed E-state index contributed by atoms with van der Waals surface area (Å²) in [6.45, 7) is 3.26. The minimum atomic E-state index is -0.134. The number of ketones is 1. The van der Waals surface area contributed by atoms with E-state index in [0.717, 1.165) is 11.1 Å². The Bertz CT molecular complexity index is 528. The minimum absolute atomic E-state index is 0.134. The van der Waals surface area contributed by atoms with E-state index in [1.807, 2.05) is 12.1 Å². The van der Waals surface area contributed by atoms with Gasteiger partial charge in [0.1, 0.15) is 0 Å². The zero-order valence-electron chi connectivity index (χ0n) is 8.95. The minimum Gasteiger partial charge on any atom is -0.352 e. The van der Waals surface area contributed by atoms with Crippen molar-refractivity contribution in [2.24, 2.45) is 0 Å². The van der Waals surface area contributed by atoms with E-state index in [1.165, 1.54) is 6.92 Å². The molecule has 0 saturated carbocycles. The second-order valence-electron chi connectivity index (χ2n) is 3.54. The summed E-state index contributed by atoms with van der Waals surface area (Å²) in [5.74, 6) is 0.158. The molecule has 0 aliphatic rings. The molecule has 2 aromatic rings. The fourth-order valence-corrected chi connectivity index (χ4v) is 1.69. The summed E-state index contributed by atoms with van der Waals surface area (Å²) < 4.78 is 5.01. The molecule has 0 aliphatic heterocycles. The summed E-state index contributed by atoms with van der Waals surface area (Å²) in [7, 11) is 0. The fourth-order valence-electron chi connectivity index (χ4n) is 1.57. The summed E-state index contributed by atoms with van der Waals surface area (Å²) in [6, 6.07) is 7.23. The second-order valence-corrected chi connectivity index (χ2v) is 3.97. The lowest BCUT2D eigenvalue weighted by molar-refractivity contribution is 0.0979. The number of benzene rings is 1. The van der Waals surface area contributed by atoms with E-state index in [2.05, 4.69) is 5.16 Å². The zero-order chi connectivity index (χ0) is 11.7. The van der Waals surface area contributed by atoms with Gasteiger partial charge in [0.25, 0.3) is 0 Å². The van der Waals surface area contributed by atoms with E-state index in [4.69, 9.17) is 16.1 Å². The van der Waals surface area contributed by atoms with Gasteiger partial charge in [-0.1, -0.05) is 28.9 Å². The maximum atomic E-state index is 11.4. The number of halogens is 1. The Morgan fingerprint density at radius 1 is 1.31 bits per heavy atom. The van der Waals surface area contributed by atoms with E-state index in [-0.39, 0.29) is 5.78 Å². The molecule has 4 heteroatoms. The van der Waals surface area contributed by atoms with E-state index >= 15 is 0 Å². The van der Waals surface area contributed by atoms with Crippen LogP contribution < -0.4 is 0 Å². The number of nitrogens with zero attached hydrogens (tertiary/aromatic N) is 1. The Kier molecular flexibility index (Phi) is 2.79. The maximum absolute atomic E-state index is 11.4. The molecule has 0 radical (unpaired) electrons. The van der Waals surface area contributed by atoms with Gasteiger partial charge in [0.2, 0.25) is 5.76 Å². The second kappa shape index (κ2) is 4.10. The first kappa shape index (κ1) is 10.9. The lowest BCUT2D eigenvalue weighted by atomic mass is 10.0. The first-order valence-corrected chi connectivity index (χ1v) is 5.20. The summed E-state index contributed by atoms with van der Waals surface area (Å²) >= 11 is 5.81. The topological polar surface area (TPSA) is 43.1 Å². The van der Waals surface area contributed by atoms with Gasteiger partial charge in [0, 0.05) is 11.9 Å². The van der Waals surface area contributed by atoms with Crippen LogP contribution in [-0.4, -0.2) is 10.9 Å². The van der Waals surface area contributed by atoms with Gasteiger partial charge < -0.3 is 4.52 Å². The van der Waals surface area contributed by atoms with Crippen molar-refractivity contribution in [2.45, 2.75) is 13.8 Å². The molecule has 0 bridgehead atoms. The Labute approximate surface area is 98.0 Å². The molecule has 2 rings (SSSR count). The number of aryl methyl sites for hydroxylation is 1. The summed E-state index contributed by atoms with van der Waals surface area (Å²) in [4.78, 5) is 11.4. The normalized spacial score (nSPS) is 10.4. The van der Waals surface area contributed by atoms with Gasteiger partial charge in [-0.25, -0.2) is 0 Å². The molecule has 82 valence electrons. The summed E-state index contributed by atoms with van der Waals surface area (Å²) in [6.07, 6.45) is 0. The Morgan fingerprint density at radius 2 is 1.94 bits per heavy atom. The molecule has 16 heavy (non-hydrogen) atoms. The van der Waals surface area contributed by atoms with Crippen molar-refractivity contribution >= 4 is 17.4 Å². The maximum Gasteiger partial charge on any atom is 0.210 e. The third-order valence-electron chi connectivity index (χ3n) is 2.32. The zero-order valence-corrected chi connectivity index (χ0v) is 9.71. The molecule has 1 heterocycles. The third-order valence-corrected chi connectivity index (χ3v) is 2.57. The highest BCUT2D eigenvalue weighted by molar-refractivity contribution is 6.30. The van der Waals surface area contributed by atoms with Crippen LogP contribution in [0.2, 0.25) is 5.02 Å². The number of rotatable bonds is 2. The average molecular weight is 236 g/mol. The predicted molar refractivity (Wildman–Crippen MR) is 61.7 cm³/mol. The standard InChI is InChI=1S/C12H10ClNO2/c1-7-11(12(8(2)15)16-14-7)9-3-5-10(13)6-4-9/h3-6H,1-2H3. The van der Waals surface area contributed by atoms with Crippen molar-refractivity contribution in [3.63, 3.8) is 0 Å². The highest BCUT2D eigenvalue weighted by atomic mass is 35.5. The Morgan fingerprint density at radius 3 is 2.50 bits per heavy atom. The molecule has 1 aromatic heterocycles. The Balaban J connectivity index is 2.58. The van der Waals surface area contributed by atoms with Crippen LogP contribution in [0.25, 0.3) is 11.1 Å². The molecule has 1 aromatic carbocycles. The number of Topliss-reactive ketones (excluding diaryl/α,β-unsaturated/α-hetero) is 1. The molecule has 0 aliphatic carbocycles. The molecule has 0 atom stereocenters. The molecule has 0 spiro atoms. The molecule has 3 nitrogen and oxygen atoms in total. The number of aromatic nitrogens is 1. The third kappa shape index (κ3) is 1.86. The van der Waals surface area contributed by atoms with Crippen molar-refractivity contribution in [1.82, 2.24) is 5.16 Å². The average Bonchev–Trinajstić information content (AvgIpc) is 2.62. The van der Waals surface area contributed by atoms with Crippen molar-refractivity contribution in [2.75, 3.05) is 0 Å². The SMILES string of the molecule is CC(=O)c1onc(C)c1-c1ccc(Cl)cc1. The van der Waals surface area contributed by atoms with E-state index in [9.17, 15) is 4.79 Å². The van der Waals surface area contributed by atoms with Crippen LogP contribution in [0.15, 0.2) is 28.8 Å². The van der Waals surface area contributed by atoms with Crippen LogP contribution in [0.4, 0.5) is 0 Å². The van der Waals surface area contributed by atoms with Crippen molar-refractivity contribution in [3.05, 3.63) is 40.7 Å². The highest BCUT2D eigenvalue weighted by Gasteiger charge is 2.18. The predicted octanol–water partition coefficient (Wildman–Crippen LogP) is 3.51. The van der Waals surface area contributed by atoms with E-state index < -0.39 is 0 Å². The molecule has 0 amide bonds. The monoisotopic (exact) mass is 235 g/mol. The molecular weight excluding hydrogens is 226 g/mol. The largest absolute Gasteiger partial charge is 0.352 e. The van der Waals surface area contributed by atoms with Gasteiger partial charge in [-0.2, -0.15) is 0 Å². The molecule has 0 unspecified atom stereocenters. The summed E-state index contributed by atoms with van der Waals surface area (Å²) in [5, 5.41) is 4.46. The molecule has 0 N–H and O–H groups in total. The smallest absolute Gasteiger partial charge is 0.210 e. The molecular formula is C12H10ClNO2. The van der Waals surface area contributed by atoms with Crippen LogP contribution in [-0.2, 0) is 0 Å².